The van der Waals surface area contributed by atoms with Crippen LogP contribution in [-0.2, 0) is 12.7 Å². The van der Waals surface area contributed by atoms with Gasteiger partial charge in [0, 0.05) is 43.0 Å². The molecule has 1 aromatic carbocycles. The maximum Gasteiger partial charge on any atom is 0.418 e. The molecule has 1 aliphatic carbocycles. The van der Waals surface area contributed by atoms with Gasteiger partial charge < -0.3 is 0 Å². The van der Waals surface area contributed by atoms with Crippen molar-refractivity contribution < 1.29 is 13.2 Å². The lowest BCUT2D eigenvalue weighted by atomic mass is 9.73. The molecule has 0 N–H and O–H groups in total. The van der Waals surface area contributed by atoms with Crippen LogP contribution in [0.2, 0.25) is 0 Å². The molecule has 2 atom stereocenters. The Balaban J connectivity index is 1.42. The number of imidazole rings is 1. The van der Waals surface area contributed by atoms with Crippen molar-refractivity contribution in [1.82, 2.24) is 18.9 Å². The van der Waals surface area contributed by atoms with E-state index in [1.165, 1.54) is 27.7 Å². The molecular formula is C29H31F3N4OS. The largest absolute Gasteiger partial charge is 0.418 e. The third-order valence-electron chi connectivity index (χ3n) is 8.12. The molecule has 1 aliphatic heterocycles. The van der Waals surface area contributed by atoms with Crippen LogP contribution < -0.4 is 5.69 Å². The number of rotatable bonds is 6. The van der Waals surface area contributed by atoms with Gasteiger partial charge in [-0.3, -0.25) is 13.9 Å². The lowest BCUT2D eigenvalue weighted by Crippen LogP contribution is -2.34. The van der Waals surface area contributed by atoms with Crippen molar-refractivity contribution in [3.05, 3.63) is 86.5 Å². The molecule has 1 saturated heterocycles. The SMILES string of the molecule is C[C@H]1CCCN(Cc2cc(C(F)(F)F)c3cn(-c4cccc([C@H](c5nccs5)C5CCC5)c4)c(=O)n3c2)C1. The first-order valence-corrected chi connectivity index (χ1v) is 14.2. The smallest absolute Gasteiger partial charge is 0.299 e. The minimum Gasteiger partial charge on any atom is -0.299 e. The normalized spacial score (nSPS) is 20.1. The van der Waals surface area contributed by atoms with Crippen molar-refractivity contribution in [3.8, 4) is 5.69 Å². The fourth-order valence-electron chi connectivity index (χ4n) is 6.08. The Hall–Kier alpha value is -2.91. The van der Waals surface area contributed by atoms with Crippen LogP contribution in [0.3, 0.4) is 0 Å². The van der Waals surface area contributed by atoms with Gasteiger partial charge in [0.15, 0.2) is 0 Å². The van der Waals surface area contributed by atoms with Crippen molar-refractivity contribution >= 4 is 16.9 Å². The second-order valence-electron chi connectivity index (χ2n) is 10.9. The van der Waals surface area contributed by atoms with Gasteiger partial charge in [0.25, 0.3) is 0 Å². The van der Waals surface area contributed by atoms with E-state index in [-0.39, 0.29) is 11.4 Å². The molecule has 3 aromatic heterocycles. The zero-order chi connectivity index (χ0) is 26.4. The topological polar surface area (TPSA) is 42.5 Å². The van der Waals surface area contributed by atoms with E-state index >= 15 is 0 Å². The molecule has 4 heterocycles. The number of likely N-dealkylation sites (tertiary alicyclic amines) is 1. The Morgan fingerprint density at radius 2 is 1.97 bits per heavy atom. The molecule has 0 radical (unpaired) electrons. The maximum absolute atomic E-state index is 14.2. The molecule has 0 bridgehead atoms. The highest BCUT2D eigenvalue weighted by molar-refractivity contribution is 7.09. The molecule has 5 nitrogen and oxygen atoms in total. The number of benzene rings is 1. The number of fused-ring (bicyclic) bond motifs is 1. The average molecular weight is 541 g/mol. The zero-order valence-corrected chi connectivity index (χ0v) is 22.1. The van der Waals surface area contributed by atoms with E-state index in [4.69, 9.17) is 0 Å². The van der Waals surface area contributed by atoms with Crippen LogP contribution in [0, 0.1) is 11.8 Å². The van der Waals surface area contributed by atoms with Gasteiger partial charge >= 0.3 is 11.9 Å². The molecule has 6 rings (SSSR count). The van der Waals surface area contributed by atoms with E-state index in [2.05, 4.69) is 16.8 Å². The number of nitrogens with zero attached hydrogens (tertiary/aromatic N) is 4. The minimum atomic E-state index is -4.57. The number of alkyl halides is 3. The van der Waals surface area contributed by atoms with Crippen molar-refractivity contribution in [3.63, 3.8) is 0 Å². The first kappa shape index (κ1) is 25.4. The molecular weight excluding hydrogens is 509 g/mol. The summed E-state index contributed by atoms with van der Waals surface area (Å²) in [6.07, 6.45) is 5.75. The fourth-order valence-corrected chi connectivity index (χ4v) is 6.94. The summed E-state index contributed by atoms with van der Waals surface area (Å²) >= 11 is 1.62. The minimum absolute atomic E-state index is 0.126. The fraction of sp³-hybridized carbons (Fsp3) is 0.448. The van der Waals surface area contributed by atoms with Crippen LogP contribution >= 0.6 is 11.3 Å². The summed E-state index contributed by atoms with van der Waals surface area (Å²) < 4.78 is 45.1. The third-order valence-corrected chi connectivity index (χ3v) is 8.98. The summed E-state index contributed by atoms with van der Waals surface area (Å²) in [5.41, 5.74) is 0.713. The lowest BCUT2D eigenvalue weighted by molar-refractivity contribution is -0.136. The van der Waals surface area contributed by atoms with Crippen LogP contribution in [0.5, 0.6) is 0 Å². The summed E-state index contributed by atoms with van der Waals surface area (Å²) in [5, 5.41) is 3.01. The van der Waals surface area contributed by atoms with E-state index in [1.54, 1.807) is 29.8 Å². The second kappa shape index (κ2) is 10.0. The Labute approximate surface area is 223 Å². The van der Waals surface area contributed by atoms with Gasteiger partial charge in [-0.2, -0.15) is 13.2 Å². The van der Waals surface area contributed by atoms with Crippen molar-refractivity contribution in [2.75, 3.05) is 13.1 Å². The third kappa shape index (κ3) is 4.82. The van der Waals surface area contributed by atoms with Crippen LogP contribution in [0.25, 0.3) is 11.2 Å². The second-order valence-corrected chi connectivity index (χ2v) is 11.8. The van der Waals surface area contributed by atoms with Crippen molar-refractivity contribution in [2.24, 2.45) is 11.8 Å². The Bertz CT molecular complexity index is 1490. The molecule has 1 saturated carbocycles. The quantitative estimate of drug-likeness (QED) is 0.272. The van der Waals surface area contributed by atoms with E-state index < -0.39 is 17.4 Å². The number of pyridine rings is 1. The highest BCUT2D eigenvalue weighted by atomic mass is 32.1. The Kier molecular flexibility index (Phi) is 6.68. The number of hydrogen-bond acceptors (Lipinski definition) is 4. The summed E-state index contributed by atoms with van der Waals surface area (Å²) in [5.74, 6) is 1.12. The molecule has 0 spiro atoms. The molecule has 200 valence electrons. The molecule has 9 heteroatoms. The van der Waals surface area contributed by atoms with E-state index in [1.807, 2.05) is 23.6 Å². The van der Waals surface area contributed by atoms with E-state index in [0.717, 1.165) is 49.3 Å². The van der Waals surface area contributed by atoms with E-state index in [0.29, 0.717) is 29.6 Å². The Morgan fingerprint density at radius 1 is 1.13 bits per heavy atom. The predicted octanol–water partition coefficient (Wildman–Crippen LogP) is 6.73. The molecule has 2 aliphatic rings. The molecule has 38 heavy (non-hydrogen) atoms. The van der Waals surface area contributed by atoms with Crippen LogP contribution in [-0.4, -0.2) is 31.9 Å². The van der Waals surface area contributed by atoms with Gasteiger partial charge in [-0.15, -0.1) is 11.3 Å². The van der Waals surface area contributed by atoms with Crippen molar-refractivity contribution in [2.45, 2.75) is 57.7 Å². The zero-order valence-electron chi connectivity index (χ0n) is 21.3. The molecule has 4 aromatic rings. The predicted molar refractivity (Wildman–Crippen MR) is 143 cm³/mol. The van der Waals surface area contributed by atoms with Crippen molar-refractivity contribution in [1.29, 1.82) is 0 Å². The number of halogens is 3. The van der Waals surface area contributed by atoms with Gasteiger partial charge in [-0.1, -0.05) is 25.5 Å². The highest BCUT2D eigenvalue weighted by Gasteiger charge is 2.35. The van der Waals surface area contributed by atoms with Gasteiger partial charge in [-0.25, -0.2) is 9.78 Å². The summed E-state index contributed by atoms with van der Waals surface area (Å²) in [6.45, 7) is 4.27. The van der Waals surface area contributed by atoms with Crippen LogP contribution in [0.4, 0.5) is 13.2 Å². The van der Waals surface area contributed by atoms with E-state index in [9.17, 15) is 18.0 Å². The average Bonchev–Trinajstić information content (AvgIpc) is 3.49. The Morgan fingerprint density at radius 3 is 2.66 bits per heavy atom. The number of hydrogen-bond donors (Lipinski definition) is 0. The summed E-state index contributed by atoms with van der Waals surface area (Å²) in [6, 6.07) is 8.85. The highest BCUT2D eigenvalue weighted by Crippen LogP contribution is 2.44. The van der Waals surface area contributed by atoms with Gasteiger partial charge in [-0.05, 0) is 73.4 Å². The molecule has 0 unspecified atom stereocenters. The maximum atomic E-state index is 14.2. The summed E-state index contributed by atoms with van der Waals surface area (Å²) in [4.78, 5) is 20.3. The first-order chi connectivity index (χ1) is 18.3. The first-order valence-electron chi connectivity index (χ1n) is 13.3. The molecule has 0 amide bonds. The van der Waals surface area contributed by atoms with Gasteiger partial charge in [0.2, 0.25) is 0 Å². The lowest BCUT2D eigenvalue weighted by Gasteiger charge is -2.33. The number of piperidine rings is 1. The summed E-state index contributed by atoms with van der Waals surface area (Å²) in [7, 11) is 0. The van der Waals surface area contributed by atoms with Gasteiger partial charge in [0.05, 0.1) is 16.8 Å². The molecule has 2 fully saturated rings. The van der Waals surface area contributed by atoms with Crippen LogP contribution in [0.15, 0.2) is 59.1 Å². The number of thiazole rings is 1. The number of aromatic nitrogens is 3. The van der Waals surface area contributed by atoms with Gasteiger partial charge in [0.1, 0.15) is 5.01 Å². The van der Waals surface area contributed by atoms with Crippen LogP contribution in [0.1, 0.15) is 66.6 Å². The monoisotopic (exact) mass is 540 g/mol. The standard InChI is InChI=1S/C29H31F3N4OS/c1-19-5-4-11-34(15-19)16-20-13-24(29(30,31)32)25-18-35(28(37)36(25)17-20)23-9-3-8-22(14-23)26(21-6-2-7-21)27-33-10-12-38-27/h3,8-10,12-14,17-19,21,26H,2,4-7,11,15-16H2,1H3/t19-,26+/m0/s1.